The maximum absolute atomic E-state index is 9.54. The molecule has 0 spiro atoms. The zero-order valence-corrected chi connectivity index (χ0v) is 4.41. The van der Waals surface area contributed by atoms with Gasteiger partial charge < -0.3 is 0 Å². The summed E-state index contributed by atoms with van der Waals surface area (Å²) >= 11 is -1.75. The van der Waals surface area contributed by atoms with Gasteiger partial charge in [0.25, 0.3) is 0 Å². The maximum atomic E-state index is 9.54. The van der Waals surface area contributed by atoms with Gasteiger partial charge in [-0.3, -0.25) is 0 Å². The van der Waals surface area contributed by atoms with E-state index in [0.717, 1.165) is 0 Å². The Morgan fingerprint density at radius 3 is 1.14 bits per heavy atom. The van der Waals surface area contributed by atoms with Crippen LogP contribution in [-0.2, 0) is 28.3 Å². The molecular formula is C3H3FeO3. The summed E-state index contributed by atoms with van der Waals surface area (Å²) < 4.78 is 0. The topological polar surface area (TPSA) is 51.2 Å². The molecule has 0 aliphatic heterocycles. The fourth-order valence-electron chi connectivity index (χ4n) is 0.0589. The van der Waals surface area contributed by atoms with E-state index in [9.17, 15) is 14.4 Å². The van der Waals surface area contributed by atoms with Crippen LogP contribution in [0.4, 0.5) is 0 Å². The van der Waals surface area contributed by atoms with Crippen LogP contribution in [0.5, 0.6) is 0 Å². The predicted molar refractivity (Wildman–Crippen MR) is 20.3 cm³/mol. The second kappa shape index (κ2) is 3.71. The summed E-state index contributed by atoms with van der Waals surface area (Å²) in [5.74, 6) is 0. The average Bonchev–Trinajstić information content (AvgIpc) is 1.72. The zero-order chi connectivity index (χ0) is 5.70. The van der Waals surface area contributed by atoms with E-state index < -0.39 is 13.9 Å². The summed E-state index contributed by atoms with van der Waals surface area (Å²) in [6.45, 7) is 0. The third-order valence-electron chi connectivity index (χ3n) is 0.289. The Morgan fingerprint density at radius 2 is 1.14 bits per heavy atom. The van der Waals surface area contributed by atoms with E-state index in [-0.39, 0.29) is 0 Å². The molecule has 0 radical (unpaired) electrons. The van der Waals surface area contributed by atoms with Gasteiger partial charge in [-0.25, -0.2) is 0 Å². The molecule has 0 saturated heterocycles. The van der Waals surface area contributed by atoms with Crippen molar-refractivity contribution >= 4 is 15.6 Å². The third-order valence-corrected chi connectivity index (χ3v) is 1.19. The SMILES string of the molecule is O=[CH][Fe]([CH]=O)[CH]=O. The number of carbonyl (C=O) groups excluding carboxylic acids is 3. The summed E-state index contributed by atoms with van der Waals surface area (Å²) in [5, 5.41) is 1.12. The molecule has 0 aromatic carbocycles. The Hall–Kier alpha value is -0.471. The normalized spacial score (nSPS) is 9.43. The number of carbonyl (C=O) groups is 3. The van der Waals surface area contributed by atoms with Gasteiger partial charge >= 0.3 is 43.8 Å². The molecule has 3 nitrogen and oxygen atoms in total. The second-order valence-electron chi connectivity index (χ2n) is 0.604. The quantitative estimate of drug-likeness (QED) is 0.382. The first-order valence-corrected chi connectivity index (χ1v) is 3.23. The van der Waals surface area contributed by atoms with Crippen LogP contribution in [0.1, 0.15) is 0 Å². The Kier molecular flexibility index (Phi) is 3.46. The van der Waals surface area contributed by atoms with E-state index in [4.69, 9.17) is 0 Å². The van der Waals surface area contributed by atoms with Gasteiger partial charge in [0.15, 0.2) is 0 Å². The van der Waals surface area contributed by atoms with Crippen molar-refractivity contribution in [1.82, 2.24) is 0 Å². The molecule has 0 amide bonds. The predicted octanol–water partition coefficient (Wildman–Crippen LogP) is -0.825. The summed E-state index contributed by atoms with van der Waals surface area (Å²) in [6.07, 6.45) is 0. The van der Waals surface area contributed by atoms with Gasteiger partial charge in [0.2, 0.25) is 0 Å². The fourth-order valence-corrected chi connectivity index (χ4v) is 0.243. The molecule has 0 rings (SSSR count). The zero-order valence-electron chi connectivity index (χ0n) is 3.31. The summed E-state index contributed by atoms with van der Waals surface area (Å²) in [7, 11) is 0. The van der Waals surface area contributed by atoms with Gasteiger partial charge in [-0.15, -0.1) is 0 Å². The Balaban J connectivity index is 3.57. The molecule has 0 unspecified atom stereocenters. The van der Waals surface area contributed by atoms with Crippen LogP contribution in [0.15, 0.2) is 0 Å². The molecule has 41 valence electrons. The Morgan fingerprint density at radius 1 is 0.857 bits per heavy atom. The van der Waals surface area contributed by atoms with E-state index >= 15 is 0 Å². The van der Waals surface area contributed by atoms with Gasteiger partial charge in [-0.1, -0.05) is 0 Å². The van der Waals surface area contributed by atoms with Crippen LogP contribution < -0.4 is 0 Å². The van der Waals surface area contributed by atoms with Gasteiger partial charge in [-0.2, -0.15) is 0 Å². The molecule has 0 aromatic heterocycles. The molecule has 0 saturated carbocycles. The van der Waals surface area contributed by atoms with Gasteiger partial charge in [0.1, 0.15) is 0 Å². The van der Waals surface area contributed by atoms with Crippen LogP contribution in [0, 0.1) is 0 Å². The van der Waals surface area contributed by atoms with Crippen molar-refractivity contribution in [1.29, 1.82) is 0 Å². The fraction of sp³-hybridized carbons (Fsp3) is 0. The third kappa shape index (κ3) is 2.25. The molecule has 0 atom stereocenters. The molecule has 0 fully saturated rings. The molecule has 0 aromatic rings. The standard InChI is InChI=1S/3CHO.Fe/c3*1-2;/h3*1H;. The molecular weight excluding hydrogens is 140 g/mol. The molecule has 0 aliphatic rings. The van der Waals surface area contributed by atoms with Crippen molar-refractivity contribution in [2.45, 2.75) is 0 Å². The first-order valence-electron chi connectivity index (χ1n) is 1.32. The van der Waals surface area contributed by atoms with Crippen LogP contribution >= 0.6 is 0 Å². The van der Waals surface area contributed by atoms with E-state index in [1.165, 1.54) is 0 Å². The monoisotopic (exact) mass is 143 g/mol. The van der Waals surface area contributed by atoms with Crippen molar-refractivity contribution in [2.24, 2.45) is 0 Å². The van der Waals surface area contributed by atoms with Crippen molar-refractivity contribution in [3.05, 3.63) is 0 Å². The van der Waals surface area contributed by atoms with Crippen LogP contribution in [0.2, 0.25) is 0 Å². The van der Waals surface area contributed by atoms with Crippen molar-refractivity contribution in [3.63, 3.8) is 0 Å². The van der Waals surface area contributed by atoms with Gasteiger partial charge in [-0.05, 0) is 0 Å². The average molecular weight is 143 g/mol. The molecule has 4 heteroatoms. The van der Waals surface area contributed by atoms with Crippen molar-refractivity contribution in [2.75, 3.05) is 0 Å². The molecule has 0 aliphatic carbocycles. The molecule has 0 heterocycles. The first kappa shape index (κ1) is 6.53. The Bertz CT molecular complexity index is 71.2. The number of rotatable bonds is 3. The van der Waals surface area contributed by atoms with E-state index in [2.05, 4.69) is 0 Å². The Labute approximate surface area is 44.6 Å². The van der Waals surface area contributed by atoms with E-state index in [0.29, 0.717) is 15.6 Å². The number of hydrogen-bond acceptors (Lipinski definition) is 3. The summed E-state index contributed by atoms with van der Waals surface area (Å²) in [4.78, 5) is 28.6. The molecule has 0 bridgehead atoms. The van der Waals surface area contributed by atoms with Gasteiger partial charge in [0, 0.05) is 0 Å². The summed E-state index contributed by atoms with van der Waals surface area (Å²) in [5.41, 5.74) is 0. The summed E-state index contributed by atoms with van der Waals surface area (Å²) in [6, 6.07) is 0. The first-order chi connectivity index (χ1) is 3.35. The minimum absolute atomic E-state index is 0.375. The minimum atomic E-state index is -1.75. The second-order valence-corrected chi connectivity index (χ2v) is 2.49. The van der Waals surface area contributed by atoms with E-state index in [1.807, 2.05) is 0 Å². The van der Waals surface area contributed by atoms with Crippen molar-refractivity contribution in [3.8, 4) is 0 Å². The van der Waals surface area contributed by atoms with Crippen LogP contribution in [-0.4, -0.2) is 15.6 Å². The van der Waals surface area contributed by atoms with Crippen molar-refractivity contribution < 1.29 is 28.3 Å². The molecule has 0 N–H and O–H groups in total. The van der Waals surface area contributed by atoms with E-state index in [1.54, 1.807) is 0 Å². The van der Waals surface area contributed by atoms with Crippen LogP contribution in [0.25, 0.3) is 0 Å². The van der Waals surface area contributed by atoms with Gasteiger partial charge in [0.05, 0.1) is 0 Å². The van der Waals surface area contributed by atoms with Crippen LogP contribution in [0.3, 0.4) is 0 Å². The molecule has 7 heavy (non-hydrogen) atoms. The number of hydrogen-bond donors (Lipinski definition) is 0.